The fourth-order valence-electron chi connectivity index (χ4n) is 2.61. The lowest BCUT2D eigenvalue weighted by atomic mass is 10.0. The molecule has 1 unspecified atom stereocenters. The van der Waals surface area contributed by atoms with Crippen LogP contribution in [-0.2, 0) is 13.0 Å². The maximum absolute atomic E-state index is 5.69. The van der Waals surface area contributed by atoms with Crippen LogP contribution in [0.3, 0.4) is 0 Å². The Kier molecular flexibility index (Phi) is 9.33. The van der Waals surface area contributed by atoms with E-state index in [1.165, 1.54) is 38.5 Å². The van der Waals surface area contributed by atoms with Crippen molar-refractivity contribution in [3.63, 3.8) is 0 Å². The van der Waals surface area contributed by atoms with Crippen molar-refractivity contribution in [2.75, 3.05) is 0 Å². The molecule has 1 aromatic rings. The van der Waals surface area contributed by atoms with E-state index >= 15 is 0 Å². The normalized spacial score (nSPS) is 12.8. The van der Waals surface area contributed by atoms with Crippen molar-refractivity contribution in [2.24, 2.45) is 5.84 Å². The zero-order valence-corrected chi connectivity index (χ0v) is 13.3. The van der Waals surface area contributed by atoms with Gasteiger partial charge in [0.1, 0.15) is 5.82 Å². The Morgan fingerprint density at radius 2 is 1.90 bits per heavy atom. The minimum atomic E-state index is 0.346. The molecule has 4 nitrogen and oxygen atoms in total. The summed E-state index contributed by atoms with van der Waals surface area (Å²) in [7, 11) is 0. The Hall–Kier alpha value is -0.870. The molecule has 0 aromatic carbocycles. The molecule has 3 N–H and O–H groups in total. The molecule has 0 aliphatic carbocycles. The second-order valence-electron chi connectivity index (χ2n) is 5.66. The molecule has 1 heterocycles. The molecular formula is C16H32N4. The van der Waals surface area contributed by atoms with Crippen LogP contribution in [0.15, 0.2) is 12.4 Å². The molecule has 4 heteroatoms. The van der Waals surface area contributed by atoms with E-state index in [0.717, 1.165) is 31.6 Å². The van der Waals surface area contributed by atoms with Gasteiger partial charge < -0.3 is 4.57 Å². The van der Waals surface area contributed by atoms with Crippen LogP contribution in [-0.4, -0.2) is 15.6 Å². The third-order valence-electron chi connectivity index (χ3n) is 3.84. The third-order valence-corrected chi connectivity index (χ3v) is 3.84. The first kappa shape index (κ1) is 17.2. The van der Waals surface area contributed by atoms with Gasteiger partial charge >= 0.3 is 0 Å². The largest absolute Gasteiger partial charge is 0.335 e. The number of nitrogens with one attached hydrogen (secondary N) is 1. The first-order valence-electron chi connectivity index (χ1n) is 8.27. The van der Waals surface area contributed by atoms with Gasteiger partial charge in [-0.25, -0.2) is 4.98 Å². The van der Waals surface area contributed by atoms with Gasteiger partial charge in [-0.3, -0.25) is 11.3 Å². The number of rotatable bonds is 12. The summed E-state index contributed by atoms with van der Waals surface area (Å²) in [5.74, 6) is 6.84. The quantitative estimate of drug-likeness (QED) is 0.350. The van der Waals surface area contributed by atoms with Crippen LogP contribution in [0, 0.1) is 0 Å². The molecule has 0 saturated heterocycles. The maximum Gasteiger partial charge on any atom is 0.110 e. The Balaban J connectivity index is 2.26. The molecule has 0 amide bonds. The number of hydrogen-bond acceptors (Lipinski definition) is 3. The number of hydrazine groups is 1. The Bertz CT molecular complexity index is 335. The molecule has 0 aliphatic rings. The first-order chi connectivity index (χ1) is 9.81. The summed E-state index contributed by atoms with van der Waals surface area (Å²) in [5, 5.41) is 0. The molecule has 20 heavy (non-hydrogen) atoms. The molecule has 116 valence electrons. The van der Waals surface area contributed by atoms with Gasteiger partial charge in [0.2, 0.25) is 0 Å². The Labute approximate surface area is 124 Å². The van der Waals surface area contributed by atoms with Crippen molar-refractivity contribution in [3.05, 3.63) is 18.2 Å². The highest BCUT2D eigenvalue weighted by Crippen LogP contribution is 2.11. The molecular weight excluding hydrogens is 248 g/mol. The molecule has 0 radical (unpaired) electrons. The lowest BCUT2D eigenvalue weighted by Crippen LogP contribution is -2.37. The number of nitrogens with two attached hydrogens (primary N) is 1. The Morgan fingerprint density at radius 3 is 2.60 bits per heavy atom. The number of aromatic nitrogens is 2. The highest BCUT2D eigenvalue weighted by atomic mass is 15.2. The van der Waals surface area contributed by atoms with Crippen molar-refractivity contribution >= 4 is 0 Å². The lowest BCUT2D eigenvalue weighted by molar-refractivity contribution is 0.444. The summed E-state index contributed by atoms with van der Waals surface area (Å²) in [6.45, 7) is 5.50. The van der Waals surface area contributed by atoms with Crippen molar-refractivity contribution in [3.8, 4) is 0 Å². The standard InChI is InChI=1S/C16H32N4/c1-3-5-6-7-8-9-10-15(19-17)14-16-18-11-13-20(16)12-4-2/h11,13,15,19H,3-10,12,14,17H2,1-2H3. The minimum Gasteiger partial charge on any atom is -0.335 e. The molecule has 1 aromatic heterocycles. The number of imidazole rings is 1. The van der Waals surface area contributed by atoms with Crippen LogP contribution in [0.1, 0.15) is 71.0 Å². The zero-order valence-electron chi connectivity index (χ0n) is 13.3. The minimum absolute atomic E-state index is 0.346. The van der Waals surface area contributed by atoms with Crippen molar-refractivity contribution < 1.29 is 0 Å². The number of unbranched alkanes of at least 4 members (excludes halogenated alkanes) is 5. The van der Waals surface area contributed by atoms with E-state index < -0.39 is 0 Å². The second-order valence-corrected chi connectivity index (χ2v) is 5.66. The van der Waals surface area contributed by atoms with Crippen LogP contribution >= 0.6 is 0 Å². The van der Waals surface area contributed by atoms with E-state index in [1.54, 1.807) is 0 Å². The molecule has 0 spiro atoms. The third kappa shape index (κ3) is 6.53. The topological polar surface area (TPSA) is 55.9 Å². The van der Waals surface area contributed by atoms with Crippen molar-refractivity contribution in [1.82, 2.24) is 15.0 Å². The van der Waals surface area contributed by atoms with E-state index in [0.29, 0.717) is 6.04 Å². The van der Waals surface area contributed by atoms with Gasteiger partial charge in [-0.15, -0.1) is 0 Å². The van der Waals surface area contributed by atoms with E-state index in [1.807, 2.05) is 6.20 Å². The number of nitrogens with zero attached hydrogens (tertiary/aromatic N) is 2. The summed E-state index contributed by atoms with van der Waals surface area (Å²) in [4.78, 5) is 4.46. The molecule has 0 fully saturated rings. The van der Waals surface area contributed by atoms with Gasteiger partial charge in [0, 0.05) is 31.4 Å². The van der Waals surface area contributed by atoms with E-state index in [4.69, 9.17) is 5.84 Å². The summed E-state index contributed by atoms with van der Waals surface area (Å²) in [5.41, 5.74) is 2.96. The molecule has 0 saturated carbocycles. The number of aryl methyl sites for hydroxylation is 1. The van der Waals surface area contributed by atoms with Gasteiger partial charge in [-0.1, -0.05) is 52.4 Å². The average molecular weight is 280 g/mol. The molecule has 0 aliphatic heterocycles. The predicted molar refractivity (Wildman–Crippen MR) is 85.3 cm³/mol. The van der Waals surface area contributed by atoms with E-state index in [2.05, 4.69) is 35.0 Å². The van der Waals surface area contributed by atoms with Crippen LogP contribution in [0.2, 0.25) is 0 Å². The highest BCUT2D eigenvalue weighted by Gasteiger charge is 2.11. The predicted octanol–water partition coefficient (Wildman–Crippen LogP) is 3.42. The molecule has 0 bridgehead atoms. The SMILES string of the molecule is CCCCCCCCC(Cc1nccn1CCC)NN. The van der Waals surface area contributed by atoms with Crippen LogP contribution in [0.25, 0.3) is 0 Å². The van der Waals surface area contributed by atoms with Gasteiger partial charge in [0.25, 0.3) is 0 Å². The smallest absolute Gasteiger partial charge is 0.110 e. The highest BCUT2D eigenvalue weighted by molar-refractivity contribution is 4.95. The summed E-state index contributed by atoms with van der Waals surface area (Å²) >= 11 is 0. The summed E-state index contributed by atoms with van der Waals surface area (Å²) < 4.78 is 2.24. The average Bonchev–Trinajstić information content (AvgIpc) is 2.89. The lowest BCUT2D eigenvalue weighted by Gasteiger charge is -2.16. The molecule has 1 rings (SSSR count). The van der Waals surface area contributed by atoms with Crippen molar-refractivity contribution in [1.29, 1.82) is 0 Å². The van der Waals surface area contributed by atoms with Crippen LogP contribution < -0.4 is 11.3 Å². The van der Waals surface area contributed by atoms with Gasteiger partial charge in [-0.05, 0) is 12.8 Å². The molecule has 1 atom stereocenters. The fourth-order valence-corrected chi connectivity index (χ4v) is 2.61. The zero-order chi connectivity index (χ0) is 14.6. The Morgan fingerprint density at radius 1 is 1.15 bits per heavy atom. The van der Waals surface area contributed by atoms with Gasteiger partial charge in [-0.2, -0.15) is 0 Å². The van der Waals surface area contributed by atoms with E-state index in [9.17, 15) is 0 Å². The monoisotopic (exact) mass is 280 g/mol. The van der Waals surface area contributed by atoms with Crippen LogP contribution in [0.5, 0.6) is 0 Å². The first-order valence-corrected chi connectivity index (χ1v) is 8.27. The van der Waals surface area contributed by atoms with Gasteiger partial charge in [0.05, 0.1) is 0 Å². The second kappa shape index (κ2) is 10.9. The number of hydrogen-bond donors (Lipinski definition) is 2. The van der Waals surface area contributed by atoms with Gasteiger partial charge in [0.15, 0.2) is 0 Å². The summed E-state index contributed by atoms with van der Waals surface area (Å²) in [6.07, 6.45) is 15.2. The van der Waals surface area contributed by atoms with Crippen molar-refractivity contribution in [2.45, 2.75) is 84.2 Å². The maximum atomic E-state index is 5.69. The fraction of sp³-hybridized carbons (Fsp3) is 0.812. The van der Waals surface area contributed by atoms with E-state index in [-0.39, 0.29) is 0 Å². The van der Waals surface area contributed by atoms with Crippen LogP contribution in [0.4, 0.5) is 0 Å². The summed E-state index contributed by atoms with van der Waals surface area (Å²) in [6, 6.07) is 0.346.